The van der Waals surface area contributed by atoms with Gasteiger partial charge in [0.2, 0.25) is 0 Å². The predicted octanol–water partition coefficient (Wildman–Crippen LogP) is 1.75. The van der Waals surface area contributed by atoms with Crippen LogP contribution in [0.4, 0.5) is 0 Å². The van der Waals surface area contributed by atoms with Crippen LogP contribution < -0.4 is 5.32 Å². The lowest BCUT2D eigenvalue weighted by atomic mass is 9.94. The van der Waals surface area contributed by atoms with Crippen molar-refractivity contribution >= 4 is 0 Å². The number of rotatable bonds is 5. The molecule has 3 nitrogen and oxygen atoms in total. The Morgan fingerprint density at radius 2 is 2.38 bits per heavy atom. The average molecular weight is 217 g/mol. The Bertz CT molecular complexity index is 355. The van der Waals surface area contributed by atoms with Crippen LogP contribution in [0.15, 0.2) is 24.5 Å². The first kappa shape index (κ1) is 10.1. The van der Waals surface area contributed by atoms with Gasteiger partial charge in [0.1, 0.15) is 5.82 Å². The molecule has 3 rings (SSSR count). The van der Waals surface area contributed by atoms with Crippen molar-refractivity contribution in [1.29, 1.82) is 0 Å². The van der Waals surface area contributed by atoms with Crippen LogP contribution in [-0.2, 0) is 6.42 Å². The summed E-state index contributed by atoms with van der Waals surface area (Å²) in [5.74, 6) is 3.72. The Kier molecular flexibility index (Phi) is 2.79. The van der Waals surface area contributed by atoms with Gasteiger partial charge in [-0.2, -0.15) is 0 Å². The molecule has 0 radical (unpaired) electrons. The van der Waals surface area contributed by atoms with Gasteiger partial charge in [0.25, 0.3) is 0 Å². The maximum Gasteiger partial charge on any atom is 0.107 e. The zero-order valence-corrected chi connectivity index (χ0v) is 9.52. The van der Waals surface area contributed by atoms with Gasteiger partial charge in [0, 0.05) is 25.4 Å². The second kappa shape index (κ2) is 4.42. The molecule has 0 amide bonds. The highest BCUT2D eigenvalue weighted by Gasteiger charge is 2.34. The number of hydrogen-bond donors (Lipinski definition) is 2. The summed E-state index contributed by atoms with van der Waals surface area (Å²) in [7, 11) is 0. The summed E-state index contributed by atoms with van der Waals surface area (Å²) in [5, 5.41) is 3.56. The van der Waals surface area contributed by atoms with Gasteiger partial charge >= 0.3 is 0 Å². The number of nitrogens with zero attached hydrogens (tertiary/aromatic N) is 1. The van der Waals surface area contributed by atoms with Gasteiger partial charge in [-0.15, -0.1) is 0 Å². The molecule has 86 valence electrons. The molecule has 2 bridgehead atoms. The molecule has 3 unspecified atom stereocenters. The van der Waals surface area contributed by atoms with E-state index in [9.17, 15) is 0 Å². The summed E-state index contributed by atoms with van der Waals surface area (Å²) in [6.45, 7) is 2.21. The van der Waals surface area contributed by atoms with Crippen LogP contribution in [0.5, 0.6) is 0 Å². The van der Waals surface area contributed by atoms with Crippen molar-refractivity contribution in [2.45, 2.75) is 19.3 Å². The van der Waals surface area contributed by atoms with Crippen molar-refractivity contribution in [1.82, 2.24) is 15.3 Å². The Balaban J connectivity index is 1.37. The maximum atomic E-state index is 4.22. The highest BCUT2D eigenvalue weighted by atomic mass is 14.9. The van der Waals surface area contributed by atoms with Crippen LogP contribution >= 0.6 is 0 Å². The number of imidazole rings is 1. The maximum absolute atomic E-state index is 4.22. The quantitative estimate of drug-likeness (QED) is 0.583. The summed E-state index contributed by atoms with van der Waals surface area (Å²) in [4.78, 5) is 7.35. The second-order valence-electron chi connectivity index (χ2n) is 5.03. The van der Waals surface area contributed by atoms with Crippen molar-refractivity contribution in [2.75, 3.05) is 13.1 Å². The molecule has 2 aliphatic carbocycles. The van der Waals surface area contributed by atoms with E-state index < -0.39 is 0 Å². The minimum absolute atomic E-state index is 0.862. The van der Waals surface area contributed by atoms with Gasteiger partial charge < -0.3 is 10.3 Å². The molecule has 0 spiro atoms. The van der Waals surface area contributed by atoms with Gasteiger partial charge in [-0.3, -0.25) is 0 Å². The molecule has 1 heterocycles. The lowest BCUT2D eigenvalue weighted by molar-refractivity contribution is 0.415. The monoisotopic (exact) mass is 217 g/mol. The fourth-order valence-electron chi connectivity index (χ4n) is 3.06. The molecular formula is C13H19N3. The predicted molar refractivity (Wildman–Crippen MR) is 64.0 cm³/mol. The minimum atomic E-state index is 0.862. The topological polar surface area (TPSA) is 40.7 Å². The van der Waals surface area contributed by atoms with E-state index >= 15 is 0 Å². The standard InChI is InChI=1S/C13H19N3/c1-2-11-7-10(1)8-12(11)9-14-4-3-13-15-5-6-16-13/h1-2,5-6,10-12,14H,3-4,7-9H2,(H,15,16). The van der Waals surface area contributed by atoms with Crippen LogP contribution in [-0.4, -0.2) is 23.1 Å². The van der Waals surface area contributed by atoms with Gasteiger partial charge in [-0.25, -0.2) is 4.98 Å². The smallest absolute Gasteiger partial charge is 0.107 e. The molecule has 0 aliphatic heterocycles. The lowest BCUT2D eigenvalue weighted by Gasteiger charge is -2.18. The number of fused-ring (bicyclic) bond motifs is 2. The largest absolute Gasteiger partial charge is 0.349 e. The first-order chi connectivity index (χ1) is 7.92. The third-order valence-corrected chi connectivity index (χ3v) is 3.92. The third-order valence-electron chi connectivity index (χ3n) is 3.92. The van der Waals surface area contributed by atoms with E-state index in [1.54, 1.807) is 0 Å². The highest BCUT2D eigenvalue weighted by molar-refractivity contribution is 5.10. The van der Waals surface area contributed by atoms with Crippen LogP contribution in [0.1, 0.15) is 18.7 Å². The molecule has 2 aliphatic rings. The molecule has 16 heavy (non-hydrogen) atoms. The van der Waals surface area contributed by atoms with Crippen LogP contribution in [0, 0.1) is 17.8 Å². The second-order valence-corrected chi connectivity index (χ2v) is 5.03. The Labute approximate surface area is 96.4 Å². The number of nitrogens with one attached hydrogen (secondary N) is 2. The van der Waals surface area contributed by atoms with E-state index in [2.05, 4.69) is 27.4 Å². The average Bonchev–Trinajstić information content (AvgIpc) is 3.01. The third kappa shape index (κ3) is 2.05. The summed E-state index contributed by atoms with van der Waals surface area (Å²) in [6, 6.07) is 0. The summed E-state index contributed by atoms with van der Waals surface area (Å²) in [6.07, 6.45) is 12.3. The van der Waals surface area contributed by atoms with E-state index in [4.69, 9.17) is 0 Å². The van der Waals surface area contributed by atoms with Gasteiger partial charge in [0.05, 0.1) is 0 Å². The molecule has 1 aromatic heterocycles. The van der Waals surface area contributed by atoms with Crippen molar-refractivity contribution in [2.24, 2.45) is 17.8 Å². The molecule has 1 fully saturated rings. The number of H-pyrrole nitrogens is 1. The zero-order chi connectivity index (χ0) is 10.8. The molecule has 3 atom stereocenters. The van der Waals surface area contributed by atoms with E-state index in [1.165, 1.54) is 19.4 Å². The molecule has 3 heteroatoms. The highest BCUT2D eigenvalue weighted by Crippen LogP contribution is 2.42. The molecule has 1 aromatic rings. The summed E-state index contributed by atoms with van der Waals surface area (Å²) >= 11 is 0. The van der Waals surface area contributed by atoms with Crippen molar-refractivity contribution in [3.05, 3.63) is 30.4 Å². The van der Waals surface area contributed by atoms with Crippen LogP contribution in [0.2, 0.25) is 0 Å². The molecule has 0 aromatic carbocycles. The van der Waals surface area contributed by atoms with E-state index in [0.29, 0.717) is 0 Å². The Hall–Kier alpha value is -1.09. The Morgan fingerprint density at radius 1 is 1.38 bits per heavy atom. The lowest BCUT2D eigenvalue weighted by Crippen LogP contribution is -2.27. The van der Waals surface area contributed by atoms with Crippen LogP contribution in [0.25, 0.3) is 0 Å². The SMILES string of the molecule is C1=CC2CC1CC2CNCCc1ncc[nH]1. The molecule has 2 N–H and O–H groups in total. The fraction of sp³-hybridized carbons (Fsp3) is 0.615. The van der Waals surface area contributed by atoms with E-state index in [-0.39, 0.29) is 0 Å². The number of aromatic amines is 1. The van der Waals surface area contributed by atoms with Crippen LogP contribution in [0.3, 0.4) is 0 Å². The summed E-state index contributed by atoms with van der Waals surface area (Å²) in [5.41, 5.74) is 0. The number of allylic oxidation sites excluding steroid dienone is 2. The van der Waals surface area contributed by atoms with Crippen molar-refractivity contribution in [3.63, 3.8) is 0 Å². The molecule has 1 saturated carbocycles. The van der Waals surface area contributed by atoms with E-state index in [1.807, 2.05) is 12.4 Å². The number of aromatic nitrogens is 2. The normalized spacial score (nSPS) is 31.4. The Morgan fingerprint density at radius 3 is 3.06 bits per heavy atom. The first-order valence-corrected chi connectivity index (χ1v) is 6.29. The van der Waals surface area contributed by atoms with E-state index in [0.717, 1.165) is 36.5 Å². The first-order valence-electron chi connectivity index (χ1n) is 6.29. The van der Waals surface area contributed by atoms with Crippen molar-refractivity contribution < 1.29 is 0 Å². The van der Waals surface area contributed by atoms with Gasteiger partial charge in [-0.1, -0.05) is 12.2 Å². The minimum Gasteiger partial charge on any atom is -0.349 e. The van der Waals surface area contributed by atoms with Gasteiger partial charge in [-0.05, 0) is 37.1 Å². The van der Waals surface area contributed by atoms with Gasteiger partial charge in [0.15, 0.2) is 0 Å². The fourth-order valence-corrected chi connectivity index (χ4v) is 3.06. The zero-order valence-electron chi connectivity index (χ0n) is 9.52. The molecular weight excluding hydrogens is 198 g/mol. The summed E-state index contributed by atoms with van der Waals surface area (Å²) < 4.78 is 0. The molecule has 0 saturated heterocycles. The van der Waals surface area contributed by atoms with Crippen molar-refractivity contribution in [3.8, 4) is 0 Å². The number of hydrogen-bond acceptors (Lipinski definition) is 2.